The van der Waals surface area contributed by atoms with Crippen molar-refractivity contribution in [2.75, 3.05) is 23.0 Å². The zero-order chi connectivity index (χ0) is 14.9. The summed E-state index contributed by atoms with van der Waals surface area (Å²) in [7, 11) is 0. The van der Waals surface area contributed by atoms with E-state index in [9.17, 15) is 23.1 Å². The largest absolute Gasteiger partial charge is 0.478 e. The van der Waals surface area contributed by atoms with Gasteiger partial charge in [-0.3, -0.25) is 0 Å². The predicted molar refractivity (Wildman–Crippen MR) is 72.5 cm³/mol. The van der Waals surface area contributed by atoms with Crippen LogP contribution in [0.2, 0.25) is 0 Å². The number of aromatic carboxylic acids is 1. The third-order valence-corrected chi connectivity index (χ3v) is 4.42. The number of halogens is 3. The average Bonchev–Trinajstić information content (AvgIpc) is 2.37. The van der Waals surface area contributed by atoms with Crippen molar-refractivity contribution in [2.24, 2.45) is 0 Å². The monoisotopic (exact) mass is 305 g/mol. The Kier molecular flexibility index (Phi) is 4.17. The molecule has 1 atom stereocenters. The van der Waals surface area contributed by atoms with Gasteiger partial charge in [-0.05, 0) is 25.1 Å². The number of nitrogens with zero attached hydrogens (tertiary/aromatic N) is 1. The van der Waals surface area contributed by atoms with Crippen LogP contribution in [-0.2, 0) is 6.18 Å². The van der Waals surface area contributed by atoms with Gasteiger partial charge >= 0.3 is 12.1 Å². The van der Waals surface area contributed by atoms with E-state index in [-0.39, 0.29) is 11.6 Å². The van der Waals surface area contributed by atoms with Gasteiger partial charge in [0.25, 0.3) is 0 Å². The number of anilines is 1. The number of rotatable bonds is 2. The lowest BCUT2D eigenvalue weighted by molar-refractivity contribution is -0.137. The van der Waals surface area contributed by atoms with E-state index in [2.05, 4.69) is 0 Å². The molecule has 0 spiro atoms. The van der Waals surface area contributed by atoms with Gasteiger partial charge in [-0.1, -0.05) is 0 Å². The van der Waals surface area contributed by atoms with Crippen LogP contribution in [0.25, 0.3) is 0 Å². The fourth-order valence-corrected chi connectivity index (χ4v) is 3.23. The molecule has 1 heterocycles. The van der Waals surface area contributed by atoms with Gasteiger partial charge < -0.3 is 10.0 Å². The molecular formula is C13H14F3NO2S. The molecule has 3 nitrogen and oxygen atoms in total. The fourth-order valence-electron chi connectivity index (χ4n) is 2.22. The molecule has 1 aromatic rings. The minimum Gasteiger partial charge on any atom is -0.478 e. The minimum absolute atomic E-state index is 0.101. The first-order valence-electron chi connectivity index (χ1n) is 6.09. The third kappa shape index (κ3) is 3.03. The number of carbonyl (C=O) groups is 1. The second kappa shape index (κ2) is 5.55. The third-order valence-electron chi connectivity index (χ3n) is 3.23. The zero-order valence-electron chi connectivity index (χ0n) is 10.8. The summed E-state index contributed by atoms with van der Waals surface area (Å²) in [5.74, 6) is 0.335. The van der Waals surface area contributed by atoms with E-state index in [1.54, 1.807) is 11.8 Å². The molecule has 0 bridgehead atoms. The van der Waals surface area contributed by atoms with Crippen LogP contribution in [0.15, 0.2) is 18.2 Å². The van der Waals surface area contributed by atoms with Crippen molar-refractivity contribution in [1.29, 1.82) is 0 Å². The molecule has 1 saturated heterocycles. The van der Waals surface area contributed by atoms with Crippen LogP contribution in [0, 0.1) is 0 Å². The number of hydrogen-bond donors (Lipinski definition) is 1. The van der Waals surface area contributed by atoms with E-state index in [4.69, 9.17) is 0 Å². The summed E-state index contributed by atoms with van der Waals surface area (Å²) in [6, 6.07) is 3.02. The van der Waals surface area contributed by atoms with Crippen molar-refractivity contribution in [3.63, 3.8) is 0 Å². The molecule has 1 unspecified atom stereocenters. The molecule has 7 heteroatoms. The number of carboxylic acids is 1. The number of benzene rings is 1. The van der Waals surface area contributed by atoms with Gasteiger partial charge in [0.2, 0.25) is 0 Å². The van der Waals surface area contributed by atoms with Crippen molar-refractivity contribution in [3.8, 4) is 0 Å². The lowest BCUT2D eigenvalue weighted by atomic mass is 10.1. The smallest absolute Gasteiger partial charge is 0.416 e. The fraction of sp³-hybridized carbons (Fsp3) is 0.462. The van der Waals surface area contributed by atoms with Crippen LogP contribution in [0.3, 0.4) is 0 Å². The SMILES string of the molecule is CC1CSCCN1c1ccc(C(F)(F)F)cc1C(=O)O. The summed E-state index contributed by atoms with van der Waals surface area (Å²) in [6.45, 7) is 2.58. The van der Waals surface area contributed by atoms with E-state index < -0.39 is 17.7 Å². The molecule has 20 heavy (non-hydrogen) atoms. The minimum atomic E-state index is -4.54. The Balaban J connectivity index is 2.45. The second-order valence-corrected chi connectivity index (χ2v) is 5.80. The van der Waals surface area contributed by atoms with Gasteiger partial charge in [-0.25, -0.2) is 4.79 Å². The average molecular weight is 305 g/mol. The molecule has 1 aliphatic rings. The van der Waals surface area contributed by atoms with E-state index in [1.807, 2.05) is 11.8 Å². The molecule has 0 amide bonds. The summed E-state index contributed by atoms with van der Waals surface area (Å²) in [5.41, 5.74) is -0.866. The Morgan fingerprint density at radius 1 is 1.45 bits per heavy atom. The molecule has 0 saturated carbocycles. The van der Waals surface area contributed by atoms with Gasteiger partial charge in [0.15, 0.2) is 0 Å². The van der Waals surface area contributed by atoms with Gasteiger partial charge in [-0.2, -0.15) is 24.9 Å². The quantitative estimate of drug-likeness (QED) is 0.910. The molecule has 1 N–H and O–H groups in total. The predicted octanol–water partition coefficient (Wildman–Crippen LogP) is 3.35. The summed E-state index contributed by atoms with van der Waals surface area (Å²) < 4.78 is 38.0. The summed E-state index contributed by atoms with van der Waals surface area (Å²) in [6.07, 6.45) is -4.54. The van der Waals surface area contributed by atoms with Crippen molar-refractivity contribution in [1.82, 2.24) is 0 Å². The molecule has 110 valence electrons. The van der Waals surface area contributed by atoms with Gasteiger partial charge in [0.1, 0.15) is 0 Å². The zero-order valence-corrected chi connectivity index (χ0v) is 11.6. The first-order valence-corrected chi connectivity index (χ1v) is 7.25. The maximum absolute atomic E-state index is 12.7. The molecule has 0 aromatic heterocycles. The normalized spacial score (nSPS) is 20.0. The van der Waals surface area contributed by atoms with E-state index in [0.29, 0.717) is 18.3 Å². The van der Waals surface area contributed by atoms with Crippen molar-refractivity contribution >= 4 is 23.4 Å². The highest BCUT2D eigenvalue weighted by molar-refractivity contribution is 7.99. The van der Waals surface area contributed by atoms with Crippen LogP contribution in [-0.4, -0.2) is 35.2 Å². The Labute approximate surface area is 118 Å². The van der Waals surface area contributed by atoms with Crippen LogP contribution < -0.4 is 4.90 Å². The Morgan fingerprint density at radius 2 is 2.15 bits per heavy atom. The van der Waals surface area contributed by atoms with Gasteiger partial charge in [-0.15, -0.1) is 0 Å². The lowest BCUT2D eigenvalue weighted by Gasteiger charge is -2.36. The molecule has 1 aromatic carbocycles. The van der Waals surface area contributed by atoms with E-state index in [0.717, 1.165) is 17.6 Å². The number of thioether (sulfide) groups is 1. The topological polar surface area (TPSA) is 40.5 Å². The first kappa shape index (κ1) is 15.0. The molecule has 2 rings (SSSR count). The van der Waals surface area contributed by atoms with Gasteiger partial charge in [0, 0.05) is 24.1 Å². The lowest BCUT2D eigenvalue weighted by Crippen LogP contribution is -2.41. The van der Waals surface area contributed by atoms with Crippen molar-refractivity contribution in [2.45, 2.75) is 19.1 Å². The Bertz CT molecular complexity index is 519. The highest BCUT2D eigenvalue weighted by Crippen LogP contribution is 2.34. The summed E-state index contributed by atoms with van der Waals surface area (Å²) >= 11 is 1.75. The van der Waals surface area contributed by atoms with Crippen LogP contribution in [0.5, 0.6) is 0 Å². The van der Waals surface area contributed by atoms with Crippen LogP contribution in [0.4, 0.5) is 18.9 Å². The second-order valence-electron chi connectivity index (χ2n) is 4.65. The van der Waals surface area contributed by atoms with Crippen LogP contribution in [0.1, 0.15) is 22.8 Å². The standard InChI is InChI=1S/C13H14F3NO2S/c1-8-7-20-5-4-17(8)11-3-2-9(13(14,15)16)6-10(11)12(18)19/h2-3,6,8H,4-5,7H2,1H3,(H,18,19). The number of hydrogen-bond acceptors (Lipinski definition) is 3. The summed E-state index contributed by atoms with van der Waals surface area (Å²) in [5, 5.41) is 9.17. The molecule has 0 aliphatic carbocycles. The van der Waals surface area contributed by atoms with Crippen molar-refractivity contribution in [3.05, 3.63) is 29.3 Å². The summed E-state index contributed by atoms with van der Waals surface area (Å²) in [4.78, 5) is 13.1. The Hall–Kier alpha value is -1.37. The molecule has 1 fully saturated rings. The van der Waals surface area contributed by atoms with Gasteiger partial charge in [0.05, 0.1) is 16.8 Å². The van der Waals surface area contributed by atoms with Crippen molar-refractivity contribution < 1.29 is 23.1 Å². The first-order chi connectivity index (χ1) is 9.30. The highest BCUT2D eigenvalue weighted by Gasteiger charge is 2.33. The van der Waals surface area contributed by atoms with Crippen LogP contribution >= 0.6 is 11.8 Å². The molecule has 0 radical (unpaired) electrons. The Morgan fingerprint density at radius 3 is 2.70 bits per heavy atom. The molecular weight excluding hydrogens is 291 g/mol. The maximum atomic E-state index is 12.7. The number of carboxylic acid groups (broad SMARTS) is 1. The van der Waals surface area contributed by atoms with E-state index >= 15 is 0 Å². The van der Waals surface area contributed by atoms with E-state index in [1.165, 1.54) is 6.07 Å². The highest BCUT2D eigenvalue weighted by atomic mass is 32.2. The molecule has 1 aliphatic heterocycles. The number of alkyl halides is 3. The maximum Gasteiger partial charge on any atom is 0.416 e.